The number of carbonyl (C=O) groups is 3. The molecular formula is C38H45N5O8S. The lowest BCUT2D eigenvalue weighted by atomic mass is 9.92. The first kappa shape index (κ1) is 37.9. The van der Waals surface area contributed by atoms with Crippen molar-refractivity contribution in [3.63, 3.8) is 0 Å². The number of rotatable bonds is 13. The fourth-order valence-electron chi connectivity index (χ4n) is 6.49. The number of ether oxygens (including phenoxy) is 2. The van der Waals surface area contributed by atoms with Crippen LogP contribution >= 0.6 is 0 Å². The maximum absolute atomic E-state index is 15.1. The highest BCUT2D eigenvalue weighted by atomic mass is 32.2. The molecule has 276 valence electrons. The van der Waals surface area contributed by atoms with E-state index in [1.807, 2.05) is 26.8 Å². The standard InChI is InChI=1S/C38H45N5O8S/c1-7-50-32-19-25(8-12-31(32)51-21(2)3)34(42-26-9-11-28-24(18-26)14-16-40-36(28)39)37(45)43-17-15-29(38(46)47)35(43)30-20-27(41-23(6)44)10-13-33(30)52(48,49)22(4)5/h8-14,16,18-22,29,34-35,42H,7,15,17H2,1-6H3,(H2,39,40)(H,41,44)(H,46,47). The zero-order valence-corrected chi connectivity index (χ0v) is 30.9. The van der Waals surface area contributed by atoms with Gasteiger partial charge in [-0.05, 0) is 112 Å². The fraction of sp³-hybridized carbons (Fsp3) is 0.368. The summed E-state index contributed by atoms with van der Waals surface area (Å²) in [6.45, 7) is 10.3. The predicted octanol–water partition coefficient (Wildman–Crippen LogP) is 5.97. The Morgan fingerprint density at radius 2 is 1.73 bits per heavy atom. The number of nitrogens with one attached hydrogen (secondary N) is 2. The average Bonchev–Trinajstić information content (AvgIpc) is 3.53. The molecule has 0 bridgehead atoms. The minimum absolute atomic E-state index is 0.0248. The molecule has 1 aliphatic rings. The molecule has 5 N–H and O–H groups in total. The third-order valence-electron chi connectivity index (χ3n) is 8.89. The number of amides is 2. The number of anilines is 3. The Balaban J connectivity index is 1.68. The zero-order valence-electron chi connectivity index (χ0n) is 30.0. The topological polar surface area (TPSA) is 190 Å². The van der Waals surface area contributed by atoms with Gasteiger partial charge in [0.25, 0.3) is 0 Å². The maximum atomic E-state index is 15.1. The lowest BCUT2D eigenvalue weighted by molar-refractivity contribution is -0.143. The van der Waals surface area contributed by atoms with Crippen molar-refractivity contribution in [3.8, 4) is 11.5 Å². The van der Waals surface area contributed by atoms with Crippen LogP contribution in [-0.2, 0) is 24.2 Å². The summed E-state index contributed by atoms with van der Waals surface area (Å²) in [6, 6.07) is 14.4. The summed E-state index contributed by atoms with van der Waals surface area (Å²) in [5, 5.41) is 17.1. The molecule has 0 saturated carbocycles. The number of carboxylic acid groups (broad SMARTS) is 1. The monoisotopic (exact) mass is 731 g/mol. The van der Waals surface area contributed by atoms with Crippen LogP contribution in [0.1, 0.15) is 71.2 Å². The molecule has 14 heteroatoms. The van der Waals surface area contributed by atoms with Gasteiger partial charge in [0, 0.05) is 36.4 Å². The van der Waals surface area contributed by atoms with Crippen LogP contribution in [0.15, 0.2) is 71.8 Å². The van der Waals surface area contributed by atoms with Crippen LogP contribution in [0.2, 0.25) is 0 Å². The minimum atomic E-state index is -3.97. The van der Waals surface area contributed by atoms with E-state index in [-0.39, 0.29) is 35.2 Å². The number of likely N-dealkylation sites (tertiary alicyclic amines) is 1. The van der Waals surface area contributed by atoms with Crippen LogP contribution in [0, 0.1) is 5.92 Å². The Morgan fingerprint density at radius 3 is 2.38 bits per heavy atom. The number of nitrogen functional groups attached to an aromatic ring is 1. The number of aliphatic carboxylic acids is 1. The molecular weight excluding hydrogens is 687 g/mol. The second-order valence-corrected chi connectivity index (χ2v) is 15.7. The molecule has 1 aliphatic heterocycles. The number of nitrogens with two attached hydrogens (primary N) is 1. The predicted molar refractivity (Wildman–Crippen MR) is 199 cm³/mol. The third-order valence-corrected chi connectivity index (χ3v) is 11.1. The van der Waals surface area contributed by atoms with Crippen LogP contribution < -0.4 is 25.8 Å². The Hall–Kier alpha value is -5.37. The molecule has 2 amide bonds. The molecule has 0 radical (unpaired) electrons. The number of aromatic nitrogens is 1. The van der Waals surface area contributed by atoms with Gasteiger partial charge in [0.05, 0.1) is 34.8 Å². The highest BCUT2D eigenvalue weighted by Crippen LogP contribution is 2.44. The molecule has 1 aromatic heterocycles. The van der Waals surface area contributed by atoms with Crippen molar-refractivity contribution in [2.45, 2.75) is 76.3 Å². The third kappa shape index (κ3) is 7.91. The summed E-state index contributed by atoms with van der Waals surface area (Å²) in [4.78, 5) is 45.4. The number of nitrogens with zero attached hydrogens (tertiary/aromatic N) is 2. The van der Waals surface area contributed by atoms with Gasteiger partial charge in [-0.15, -0.1) is 0 Å². The lowest BCUT2D eigenvalue weighted by Crippen LogP contribution is -2.40. The van der Waals surface area contributed by atoms with Gasteiger partial charge in [-0.1, -0.05) is 6.07 Å². The molecule has 4 aromatic rings. The second-order valence-electron chi connectivity index (χ2n) is 13.3. The molecule has 1 saturated heterocycles. The largest absolute Gasteiger partial charge is 0.490 e. The van der Waals surface area contributed by atoms with Crippen molar-refractivity contribution in [2.24, 2.45) is 5.92 Å². The Labute approximate surface area is 303 Å². The summed E-state index contributed by atoms with van der Waals surface area (Å²) in [5.41, 5.74) is 7.55. The van der Waals surface area contributed by atoms with Gasteiger partial charge in [0.15, 0.2) is 21.3 Å². The Morgan fingerprint density at radius 1 is 1.00 bits per heavy atom. The molecule has 13 nitrogen and oxygen atoms in total. The molecule has 3 aromatic carbocycles. The van der Waals surface area contributed by atoms with Gasteiger partial charge >= 0.3 is 5.97 Å². The molecule has 5 rings (SSSR count). The molecule has 0 aliphatic carbocycles. The minimum Gasteiger partial charge on any atom is -0.490 e. The van der Waals surface area contributed by atoms with Crippen LogP contribution in [0.5, 0.6) is 11.5 Å². The number of fused-ring (bicyclic) bond motifs is 1. The normalized spacial score (nSPS) is 16.6. The van der Waals surface area contributed by atoms with Crippen LogP contribution in [0.25, 0.3) is 10.8 Å². The van der Waals surface area contributed by atoms with Gasteiger partial charge in [0.2, 0.25) is 11.8 Å². The van der Waals surface area contributed by atoms with E-state index in [1.54, 1.807) is 42.6 Å². The first-order chi connectivity index (χ1) is 24.6. The van der Waals surface area contributed by atoms with Gasteiger partial charge in [0.1, 0.15) is 11.9 Å². The summed E-state index contributed by atoms with van der Waals surface area (Å²) in [5.74, 6) is -1.96. The van der Waals surface area contributed by atoms with E-state index in [9.17, 15) is 23.1 Å². The van der Waals surface area contributed by atoms with Crippen LogP contribution in [0.4, 0.5) is 17.2 Å². The van der Waals surface area contributed by atoms with Crippen molar-refractivity contribution >= 4 is 55.6 Å². The molecule has 52 heavy (non-hydrogen) atoms. The number of carbonyl (C=O) groups excluding carboxylic acids is 2. The van der Waals surface area contributed by atoms with E-state index in [0.29, 0.717) is 35.2 Å². The Kier molecular flexibility index (Phi) is 11.3. The van der Waals surface area contributed by atoms with Crippen molar-refractivity contribution < 1.29 is 37.4 Å². The maximum Gasteiger partial charge on any atom is 0.309 e. The zero-order chi connectivity index (χ0) is 37.9. The quantitative estimate of drug-likeness (QED) is 0.127. The molecule has 1 fully saturated rings. The SMILES string of the molecule is CCOc1cc(C(Nc2ccc3c(N)nccc3c2)C(=O)N2CCC(C(=O)O)C2c2cc(NC(C)=O)ccc2S(=O)(=O)C(C)C)ccc1OC(C)C. The second kappa shape index (κ2) is 15.5. The van der Waals surface area contributed by atoms with Crippen molar-refractivity contribution in [3.05, 3.63) is 78.0 Å². The van der Waals surface area contributed by atoms with Crippen molar-refractivity contribution in [1.82, 2.24) is 9.88 Å². The summed E-state index contributed by atoms with van der Waals surface area (Å²) >= 11 is 0. The fourth-order valence-corrected chi connectivity index (χ4v) is 7.77. The number of hydrogen-bond donors (Lipinski definition) is 4. The molecule has 3 atom stereocenters. The number of sulfone groups is 1. The first-order valence-electron chi connectivity index (χ1n) is 17.1. The Bertz CT molecular complexity index is 2100. The lowest BCUT2D eigenvalue weighted by Gasteiger charge is -2.33. The first-order valence-corrected chi connectivity index (χ1v) is 18.7. The van der Waals surface area contributed by atoms with Gasteiger partial charge in [-0.2, -0.15) is 0 Å². The van der Waals surface area contributed by atoms with E-state index in [2.05, 4.69) is 15.6 Å². The van der Waals surface area contributed by atoms with Crippen LogP contribution in [0.3, 0.4) is 0 Å². The summed E-state index contributed by atoms with van der Waals surface area (Å²) in [7, 11) is -3.97. The van der Waals surface area contributed by atoms with E-state index in [1.165, 1.54) is 43.9 Å². The van der Waals surface area contributed by atoms with E-state index in [0.717, 1.165) is 10.8 Å². The van der Waals surface area contributed by atoms with E-state index >= 15 is 4.79 Å². The smallest absolute Gasteiger partial charge is 0.309 e. The number of carboxylic acids is 1. The summed E-state index contributed by atoms with van der Waals surface area (Å²) in [6.07, 6.45) is 1.51. The van der Waals surface area contributed by atoms with Gasteiger partial charge in [-0.3, -0.25) is 14.4 Å². The highest BCUT2D eigenvalue weighted by Gasteiger charge is 2.46. The van der Waals surface area contributed by atoms with Crippen molar-refractivity contribution in [2.75, 3.05) is 29.5 Å². The summed E-state index contributed by atoms with van der Waals surface area (Å²) < 4.78 is 39.4. The van der Waals surface area contributed by atoms with Gasteiger partial charge < -0.3 is 35.8 Å². The average molecular weight is 732 g/mol. The molecule has 2 heterocycles. The molecule has 3 unspecified atom stereocenters. The van der Waals surface area contributed by atoms with Crippen molar-refractivity contribution in [1.29, 1.82) is 0 Å². The van der Waals surface area contributed by atoms with E-state index in [4.69, 9.17) is 15.2 Å². The van der Waals surface area contributed by atoms with Gasteiger partial charge in [-0.25, -0.2) is 13.4 Å². The van der Waals surface area contributed by atoms with Crippen LogP contribution in [-0.4, -0.2) is 65.7 Å². The van der Waals surface area contributed by atoms with E-state index < -0.39 is 50.9 Å². The number of benzene rings is 3. The molecule has 0 spiro atoms. The highest BCUT2D eigenvalue weighted by molar-refractivity contribution is 7.92. The number of pyridine rings is 1. The number of hydrogen-bond acceptors (Lipinski definition) is 10.